The maximum Gasteiger partial charge on any atom is 0.160 e. The summed E-state index contributed by atoms with van der Waals surface area (Å²) in [6.07, 6.45) is 5.69. The third-order valence-corrected chi connectivity index (χ3v) is 6.45. The molecule has 0 amide bonds. The van der Waals surface area contributed by atoms with Gasteiger partial charge in [-0.1, -0.05) is 31.0 Å². The highest BCUT2D eigenvalue weighted by Gasteiger charge is 2.26. The zero-order valence-electron chi connectivity index (χ0n) is 21.3. The Bertz CT molecular complexity index is 859. The fourth-order valence-corrected chi connectivity index (χ4v) is 4.41. The van der Waals surface area contributed by atoms with Gasteiger partial charge in [0.1, 0.15) is 18.5 Å². The summed E-state index contributed by atoms with van der Waals surface area (Å²) in [6.45, 7) is 2.07. The van der Waals surface area contributed by atoms with E-state index >= 15 is 0 Å². The highest BCUT2D eigenvalue weighted by Crippen LogP contribution is 2.28. The van der Waals surface area contributed by atoms with E-state index in [1.165, 1.54) is 18.4 Å². The lowest BCUT2D eigenvalue weighted by Gasteiger charge is -2.33. The lowest BCUT2D eigenvalue weighted by atomic mass is 9.92. The van der Waals surface area contributed by atoms with Gasteiger partial charge >= 0.3 is 0 Å². The van der Waals surface area contributed by atoms with E-state index in [2.05, 4.69) is 5.32 Å². The molecule has 7 heteroatoms. The Balaban J connectivity index is 1.39. The Morgan fingerprint density at radius 2 is 1.60 bits per heavy atom. The van der Waals surface area contributed by atoms with Gasteiger partial charge in [0.25, 0.3) is 0 Å². The Morgan fingerprint density at radius 3 is 2.34 bits per heavy atom. The molecule has 3 atom stereocenters. The van der Waals surface area contributed by atoms with E-state index in [0.29, 0.717) is 19.8 Å². The Hall–Kier alpha value is -2.32. The number of hydrogen-bond acceptors (Lipinski definition) is 7. The maximum atomic E-state index is 10.4. The van der Waals surface area contributed by atoms with Gasteiger partial charge in [-0.3, -0.25) is 0 Å². The van der Waals surface area contributed by atoms with Gasteiger partial charge in [0.2, 0.25) is 0 Å². The van der Waals surface area contributed by atoms with Crippen molar-refractivity contribution in [3.8, 4) is 17.2 Å². The number of benzene rings is 2. The van der Waals surface area contributed by atoms with Crippen molar-refractivity contribution in [3.05, 3.63) is 53.6 Å². The molecule has 0 aliphatic heterocycles. The monoisotopic (exact) mass is 487 g/mol. The molecule has 0 heterocycles. The molecule has 0 bridgehead atoms. The van der Waals surface area contributed by atoms with Crippen LogP contribution in [0, 0.1) is 0 Å². The van der Waals surface area contributed by atoms with E-state index in [0.717, 1.165) is 48.5 Å². The van der Waals surface area contributed by atoms with Crippen LogP contribution in [0.4, 0.5) is 0 Å². The average Bonchev–Trinajstić information content (AvgIpc) is 2.90. The van der Waals surface area contributed by atoms with Crippen LogP contribution in [0.2, 0.25) is 0 Å². The van der Waals surface area contributed by atoms with Crippen LogP contribution in [0.25, 0.3) is 0 Å². The Morgan fingerprint density at radius 1 is 0.886 bits per heavy atom. The topological polar surface area (TPSA) is 78.4 Å². The quantitative estimate of drug-likeness (QED) is 0.396. The molecule has 194 valence electrons. The van der Waals surface area contributed by atoms with Crippen LogP contribution >= 0.6 is 0 Å². The maximum absolute atomic E-state index is 10.4. The molecule has 1 saturated carbocycles. The number of aliphatic hydroxyl groups excluding tert-OH is 1. The van der Waals surface area contributed by atoms with Crippen molar-refractivity contribution in [3.63, 3.8) is 0 Å². The molecule has 3 unspecified atom stereocenters. The van der Waals surface area contributed by atoms with Gasteiger partial charge in [-0.25, -0.2) is 0 Å². The number of nitrogens with one attached hydrogen (secondary N) is 1. The Labute approximate surface area is 209 Å². The van der Waals surface area contributed by atoms with Crippen molar-refractivity contribution >= 4 is 0 Å². The van der Waals surface area contributed by atoms with Crippen LogP contribution in [0.15, 0.2) is 42.5 Å². The van der Waals surface area contributed by atoms with Crippen molar-refractivity contribution in [1.29, 1.82) is 0 Å². The van der Waals surface area contributed by atoms with Gasteiger partial charge in [0.15, 0.2) is 11.5 Å². The second-order valence-electron chi connectivity index (χ2n) is 9.00. The molecule has 3 rings (SSSR count). The predicted molar refractivity (Wildman–Crippen MR) is 137 cm³/mol. The lowest BCUT2D eigenvalue weighted by Crippen LogP contribution is -2.47. The molecule has 1 aliphatic rings. The largest absolute Gasteiger partial charge is 0.493 e. The van der Waals surface area contributed by atoms with Gasteiger partial charge in [-0.05, 0) is 61.1 Å². The van der Waals surface area contributed by atoms with Gasteiger partial charge in [0.05, 0.1) is 33.5 Å². The van der Waals surface area contributed by atoms with Gasteiger partial charge < -0.3 is 34.1 Å². The van der Waals surface area contributed by atoms with E-state index in [-0.39, 0.29) is 18.8 Å². The van der Waals surface area contributed by atoms with Crippen LogP contribution < -0.4 is 19.5 Å². The fraction of sp³-hybridized carbons (Fsp3) is 0.571. The van der Waals surface area contributed by atoms with E-state index in [4.69, 9.17) is 23.7 Å². The summed E-state index contributed by atoms with van der Waals surface area (Å²) in [6, 6.07) is 14.2. The molecule has 0 radical (unpaired) electrons. The summed E-state index contributed by atoms with van der Waals surface area (Å²) in [5.74, 6) is 2.23. The first-order valence-electron chi connectivity index (χ1n) is 12.6. The van der Waals surface area contributed by atoms with Gasteiger partial charge in [0, 0.05) is 19.7 Å². The molecule has 1 fully saturated rings. The van der Waals surface area contributed by atoms with Crippen molar-refractivity contribution in [2.24, 2.45) is 0 Å². The highest BCUT2D eigenvalue weighted by atomic mass is 16.5. The molecule has 0 spiro atoms. The van der Waals surface area contributed by atoms with E-state index in [9.17, 15) is 5.11 Å². The standard InChI is InChI=1S/C28H41NO6/c1-31-16-14-21-8-11-24(12-9-21)35-20-23(30)19-29-25-6-4-5-7-26(25)34-17-15-22-10-13-27(32-2)28(18-22)33-3/h8-13,18,23,25-26,29-30H,4-7,14-17,19-20H2,1-3H3. The number of rotatable bonds is 15. The zero-order valence-corrected chi connectivity index (χ0v) is 21.3. The molecule has 2 N–H and O–H groups in total. The summed E-state index contributed by atoms with van der Waals surface area (Å²) < 4.78 is 27.9. The second kappa shape index (κ2) is 14.9. The van der Waals surface area contributed by atoms with Gasteiger partial charge in [-0.2, -0.15) is 0 Å². The molecule has 0 saturated heterocycles. The first kappa shape index (κ1) is 27.3. The third kappa shape index (κ3) is 9.00. The fourth-order valence-electron chi connectivity index (χ4n) is 4.41. The minimum absolute atomic E-state index is 0.150. The first-order valence-corrected chi connectivity index (χ1v) is 12.6. The molecule has 2 aromatic carbocycles. The minimum Gasteiger partial charge on any atom is -0.493 e. The Kier molecular flexibility index (Phi) is 11.6. The summed E-state index contributed by atoms with van der Waals surface area (Å²) >= 11 is 0. The predicted octanol–water partition coefficient (Wildman–Crippen LogP) is 3.79. The summed E-state index contributed by atoms with van der Waals surface area (Å²) in [5.41, 5.74) is 2.36. The van der Waals surface area contributed by atoms with Crippen LogP contribution in [-0.4, -0.2) is 71.1 Å². The SMILES string of the molecule is COCCc1ccc(OCC(O)CNC2CCCCC2OCCc2ccc(OC)c(OC)c2)cc1. The van der Waals surface area contributed by atoms with Crippen LogP contribution in [-0.2, 0) is 22.3 Å². The lowest BCUT2D eigenvalue weighted by molar-refractivity contribution is 0.00183. The minimum atomic E-state index is -0.586. The molecule has 0 aromatic heterocycles. The summed E-state index contributed by atoms with van der Waals surface area (Å²) in [4.78, 5) is 0. The van der Waals surface area contributed by atoms with Crippen molar-refractivity contribution in [2.45, 2.75) is 56.8 Å². The zero-order chi connectivity index (χ0) is 24.9. The second-order valence-corrected chi connectivity index (χ2v) is 9.00. The number of ether oxygens (including phenoxy) is 5. The van der Waals surface area contributed by atoms with Crippen LogP contribution in [0.1, 0.15) is 36.8 Å². The molecular formula is C28H41NO6. The van der Waals surface area contributed by atoms with E-state index in [1.807, 2.05) is 42.5 Å². The average molecular weight is 488 g/mol. The summed E-state index contributed by atoms with van der Waals surface area (Å²) in [5, 5.41) is 14.0. The van der Waals surface area contributed by atoms with Crippen molar-refractivity contribution < 1.29 is 28.8 Å². The number of aliphatic hydroxyl groups is 1. The van der Waals surface area contributed by atoms with Crippen LogP contribution in [0.3, 0.4) is 0 Å². The molecule has 7 nitrogen and oxygen atoms in total. The van der Waals surface area contributed by atoms with Crippen molar-refractivity contribution in [1.82, 2.24) is 5.32 Å². The van der Waals surface area contributed by atoms with E-state index < -0.39 is 6.10 Å². The van der Waals surface area contributed by atoms with Crippen LogP contribution in [0.5, 0.6) is 17.2 Å². The summed E-state index contributed by atoms with van der Waals surface area (Å²) in [7, 11) is 4.99. The molecule has 2 aromatic rings. The van der Waals surface area contributed by atoms with E-state index in [1.54, 1.807) is 21.3 Å². The number of hydrogen-bond donors (Lipinski definition) is 2. The van der Waals surface area contributed by atoms with Gasteiger partial charge in [-0.15, -0.1) is 0 Å². The normalized spacial score (nSPS) is 18.7. The highest BCUT2D eigenvalue weighted by molar-refractivity contribution is 5.42. The van der Waals surface area contributed by atoms with Crippen molar-refractivity contribution in [2.75, 3.05) is 47.7 Å². The third-order valence-electron chi connectivity index (χ3n) is 6.45. The first-order chi connectivity index (χ1) is 17.1. The smallest absolute Gasteiger partial charge is 0.160 e. The molecular weight excluding hydrogens is 446 g/mol. The molecule has 35 heavy (non-hydrogen) atoms. The number of methoxy groups -OCH3 is 3. The molecule has 1 aliphatic carbocycles.